The van der Waals surface area contributed by atoms with Gasteiger partial charge >= 0.3 is 5.97 Å². The van der Waals surface area contributed by atoms with E-state index in [9.17, 15) is 13.6 Å². The normalized spacial score (nSPS) is 12.5. The molecule has 0 amide bonds. The van der Waals surface area contributed by atoms with E-state index < -0.39 is 18.3 Å². The number of hydrogen-bond donors (Lipinski definition) is 1. The van der Waals surface area contributed by atoms with Crippen molar-refractivity contribution in [2.45, 2.75) is 38.5 Å². The fourth-order valence-corrected chi connectivity index (χ4v) is 1.51. The second-order valence-electron chi connectivity index (χ2n) is 5.10. The van der Waals surface area contributed by atoms with E-state index in [0.717, 1.165) is 5.56 Å². The van der Waals surface area contributed by atoms with Gasteiger partial charge in [0.15, 0.2) is 0 Å². The fraction of sp³-hybridized carbons (Fsp3) is 0.462. The Labute approximate surface area is 99.3 Å². The number of aliphatic carboxylic acids is 1. The minimum Gasteiger partial charge on any atom is -0.481 e. The Balaban J connectivity index is 2.98. The van der Waals surface area contributed by atoms with Crippen LogP contribution in [0.2, 0.25) is 0 Å². The van der Waals surface area contributed by atoms with Gasteiger partial charge in [-0.1, -0.05) is 45.0 Å². The highest BCUT2D eigenvalue weighted by Crippen LogP contribution is 2.33. The number of carboxylic acids is 1. The van der Waals surface area contributed by atoms with Crippen LogP contribution in [-0.2, 0) is 16.1 Å². The summed E-state index contributed by atoms with van der Waals surface area (Å²) < 4.78 is 26.9. The smallest absolute Gasteiger partial charge is 0.309 e. The Morgan fingerprint density at radius 2 is 1.53 bits per heavy atom. The summed E-state index contributed by atoms with van der Waals surface area (Å²) in [6.07, 6.45) is -1.18. The summed E-state index contributed by atoms with van der Waals surface area (Å²) in [5, 5.41) is 8.41. The first-order chi connectivity index (χ1) is 7.63. The zero-order valence-electron chi connectivity index (χ0n) is 10.1. The predicted octanol–water partition coefficient (Wildman–Crippen LogP) is 3.55. The first-order valence-electron chi connectivity index (χ1n) is 5.33. The van der Waals surface area contributed by atoms with Gasteiger partial charge in [-0.3, -0.25) is 4.79 Å². The molecule has 0 aliphatic heterocycles. The number of hydrogen-bond acceptors (Lipinski definition) is 1. The van der Waals surface area contributed by atoms with E-state index in [1.807, 2.05) is 20.8 Å². The number of carbonyl (C=O) groups is 1. The molecule has 0 unspecified atom stereocenters. The molecule has 0 saturated carbocycles. The van der Waals surface area contributed by atoms with Gasteiger partial charge in [-0.05, 0) is 11.0 Å². The molecular formula is C13H16F2O2. The molecule has 1 aromatic carbocycles. The third-order valence-electron chi connectivity index (χ3n) is 2.55. The van der Waals surface area contributed by atoms with E-state index in [2.05, 4.69) is 0 Å². The van der Waals surface area contributed by atoms with Crippen molar-refractivity contribution < 1.29 is 18.7 Å². The first kappa shape index (κ1) is 13.6. The monoisotopic (exact) mass is 242 g/mol. The van der Waals surface area contributed by atoms with Crippen molar-refractivity contribution in [1.29, 1.82) is 0 Å². The second-order valence-corrected chi connectivity index (χ2v) is 5.10. The molecular weight excluding hydrogens is 226 g/mol. The molecule has 1 aromatic rings. The lowest BCUT2D eigenvalue weighted by atomic mass is 9.86. The molecule has 2 nitrogen and oxygen atoms in total. The van der Waals surface area contributed by atoms with Crippen LogP contribution in [0.4, 0.5) is 8.78 Å². The molecule has 0 aliphatic carbocycles. The second kappa shape index (κ2) is 4.43. The molecule has 0 bridgehead atoms. The summed E-state index contributed by atoms with van der Waals surface area (Å²) >= 11 is 0. The lowest BCUT2D eigenvalue weighted by molar-refractivity contribution is -0.145. The number of halogens is 2. The number of benzene rings is 1. The Morgan fingerprint density at radius 3 is 1.88 bits per heavy atom. The van der Waals surface area contributed by atoms with Gasteiger partial charge in [0, 0.05) is 5.56 Å². The molecule has 0 aliphatic rings. The van der Waals surface area contributed by atoms with Crippen molar-refractivity contribution in [3.8, 4) is 0 Å². The molecule has 1 N–H and O–H groups in total. The zero-order valence-corrected chi connectivity index (χ0v) is 10.1. The third-order valence-corrected chi connectivity index (χ3v) is 2.55. The lowest BCUT2D eigenvalue weighted by Gasteiger charge is -2.20. The predicted molar refractivity (Wildman–Crippen MR) is 61.3 cm³/mol. The maximum atomic E-state index is 13.5. The zero-order chi connectivity index (χ0) is 13.3. The number of carboxylic acid groups (broad SMARTS) is 1. The molecule has 0 radical (unpaired) electrons. The van der Waals surface area contributed by atoms with Crippen LogP contribution in [-0.4, -0.2) is 11.1 Å². The molecule has 0 heterocycles. The summed E-state index contributed by atoms with van der Waals surface area (Å²) in [5.41, 5.74) is 0.570. The topological polar surface area (TPSA) is 37.3 Å². The third kappa shape index (κ3) is 3.51. The van der Waals surface area contributed by atoms with Gasteiger partial charge in [0.05, 0.1) is 0 Å². The first-order valence-corrected chi connectivity index (χ1v) is 5.33. The fourth-order valence-electron chi connectivity index (χ4n) is 1.51. The molecule has 1 rings (SSSR count). The maximum Gasteiger partial charge on any atom is 0.309 e. The largest absolute Gasteiger partial charge is 0.481 e. The highest BCUT2D eigenvalue weighted by Gasteiger charge is 2.34. The molecule has 94 valence electrons. The van der Waals surface area contributed by atoms with Crippen LogP contribution in [0, 0.1) is 0 Å². The van der Waals surface area contributed by atoms with Crippen LogP contribution in [0.3, 0.4) is 0 Å². The Hall–Kier alpha value is -1.45. The summed E-state index contributed by atoms with van der Waals surface area (Å²) in [4.78, 5) is 10.3. The van der Waals surface area contributed by atoms with Gasteiger partial charge in [0.1, 0.15) is 6.42 Å². The van der Waals surface area contributed by atoms with Crippen molar-refractivity contribution in [3.63, 3.8) is 0 Å². The van der Waals surface area contributed by atoms with Crippen LogP contribution in [0.5, 0.6) is 0 Å². The quantitative estimate of drug-likeness (QED) is 0.880. The standard InChI is InChI=1S/C13H16F2O2/c1-12(2,3)9-4-6-10(7-5-9)13(14,15)8-11(16)17/h4-7H,8H2,1-3H3,(H,16,17). The highest BCUT2D eigenvalue weighted by atomic mass is 19.3. The van der Waals surface area contributed by atoms with Crippen LogP contribution in [0.1, 0.15) is 38.3 Å². The summed E-state index contributed by atoms with van der Waals surface area (Å²) in [6, 6.07) is 5.82. The summed E-state index contributed by atoms with van der Waals surface area (Å²) in [6.45, 7) is 5.95. The van der Waals surface area contributed by atoms with Crippen LogP contribution < -0.4 is 0 Å². The molecule has 0 saturated heterocycles. The Bertz CT molecular complexity index is 402. The van der Waals surface area contributed by atoms with E-state index >= 15 is 0 Å². The van der Waals surface area contributed by atoms with E-state index in [1.54, 1.807) is 12.1 Å². The highest BCUT2D eigenvalue weighted by molar-refractivity contribution is 5.68. The van der Waals surface area contributed by atoms with Crippen LogP contribution >= 0.6 is 0 Å². The average molecular weight is 242 g/mol. The molecule has 0 aromatic heterocycles. The number of rotatable bonds is 3. The molecule has 0 spiro atoms. The molecule has 0 fully saturated rings. The SMILES string of the molecule is CC(C)(C)c1ccc(C(F)(F)CC(=O)O)cc1. The van der Waals surface area contributed by atoms with Gasteiger partial charge in [0.25, 0.3) is 5.92 Å². The van der Waals surface area contributed by atoms with Crippen molar-refractivity contribution in [2.24, 2.45) is 0 Å². The van der Waals surface area contributed by atoms with E-state index in [4.69, 9.17) is 5.11 Å². The van der Waals surface area contributed by atoms with Gasteiger partial charge in [0.2, 0.25) is 0 Å². The molecule has 4 heteroatoms. The van der Waals surface area contributed by atoms with E-state index in [-0.39, 0.29) is 11.0 Å². The Kier molecular flexibility index (Phi) is 3.55. The maximum absolute atomic E-state index is 13.5. The summed E-state index contributed by atoms with van der Waals surface area (Å²) in [7, 11) is 0. The van der Waals surface area contributed by atoms with Gasteiger partial charge in [-0.2, -0.15) is 0 Å². The van der Waals surface area contributed by atoms with Gasteiger partial charge < -0.3 is 5.11 Å². The minimum atomic E-state index is -3.32. The van der Waals surface area contributed by atoms with Gasteiger partial charge in [-0.25, -0.2) is 8.78 Å². The lowest BCUT2D eigenvalue weighted by Crippen LogP contribution is -2.19. The minimum absolute atomic E-state index is 0.111. The van der Waals surface area contributed by atoms with Crippen molar-refractivity contribution in [2.75, 3.05) is 0 Å². The van der Waals surface area contributed by atoms with E-state index in [1.165, 1.54) is 12.1 Å². The van der Waals surface area contributed by atoms with Gasteiger partial charge in [-0.15, -0.1) is 0 Å². The molecule has 17 heavy (non-hydrogen) atoms. The van der Waals surface area contributed by atoms with Crippen LogP contribution in [0.25, 0.3) is 0 Å². The van der Waals surface area contributed by atoms with E-state index in [0.29, 0.717) is 0 Å². The van der Waals surface area contributed by atoms with Crippen molar-refractivity contribution in [3.05, 3.63) is 35.4 Å². The van der Waals surface area contributed by atoms with Crippen molar-refractivity contribution >= 4 is 5.97 Å². The molecule has 0 atom stereocenters. The average Bonchev–Trinajstić information content (AvgIpc) is 2.14. The Morgan fingerprint density at radius 1 is 1.12 bits per heavy atom. The van der Waals surface area contributed by atoms with Crippen LogP contribution in [0.15, 0.2) is 24.3 Å². The van der Waals surface area contributed by atoms with Crippen molar-refractivity contribution in [1.82, 2.24) is 0 Å². The summed E-state index contributed by atoms with van der Waals surface area (Å²) in [5.74, 6) is -4.82. The number of alkyl halides is 2.